The minimum Gasteiger partial charge on any atom is -0.492 e. The molecule has 4 heteroatoms. The Hall–Kier alpha value is -1.55. The van der Waals surface area contributed by atoms with Crippen LogP contribution in [0.3, 0.4) is 0 Å². The van der Waals surface area contributed by atoms with Crippen molar-refractivity contribution in [1.82, 2.24) is 4.90 Å². The molecule has 0 radical (unpaired) electrons. The molecule has 1 fully saturated rings. The van der Waals surface area contributed by atoms with Crippen molar-refractivity contribution in [2.75, 3.05) is 26.3 Å². The molecule has 1 aromatic rings. The molecule has 1 amide bonds. The van der Waals surface area contributed by atoms with E-state index in [2.05, 4.69) is 13.0 Å². The third kappa shape index (κ3) is 3.70. The van der Waals surface area contributed by atoms with Gasteiger partial charge in [0.1, 0.15) is 12.4 Å². The van der Waals surface area contributed by atoms with E-state index in [9.17, 15) is 4.79 Å². The molecule has 0 bridgehead atoms. The maximum absolute atomic E-state index is 11.6. The first-order valence-electron chi connectivity index (χ1n) is 6.83. The van der Waals surface area contributed by atoms with Crippen LogP contribution in [-0.2, 0) is 11.2 Å². The summed E-state index contributed by atoms with van der Waals surface area (Å²) in [5.41, 5.74) is 1.25. The highest BCUT2D eigenvalue weighted by molar-refractivity contribution is 5.78. The summed E-state index contributed by atoms with van der Waals surface area (Å²) >= 11 is 0. The van der Waals surface area contributed by atoms with Crippen LogP contribution in [0, 0.1) is 5.92 Å². The highest BCUT2D eigenvalue weighted by Crippen LogP contribution is 2.17. The first kappa shape index (κ1) is 13.9. The number of likely N-dealkylation sites (tertiary alicyclic amines) is 1. The fourth-order valence-electron chi connectivity index (χ4n) is 2.32. The molecule has 2 rings (SSSR count). The number of aryl methyl sites for hydroxylation is 1. The van der Waals surface area contributed by atoms with Crippen molar-refractivity contribution in [3.63, 3.8) is 0 Å². The van der Waals surface area contributed by atoms with E-state index in [0.717, 1.165) is 12.2 Å². The zero-order chi connectivity index (χ0) is 13.7. The Morgan fingerprint density at radius 1 is 1.47 bits per heavy atom. The van der Waals surface area contributed by atoms with E-state index in [1.54, 1.807) is 4.90 Å². The van der Waals surface area contributed by atoms with Crippen molar-refractivity contribution in [1.29, 1.82) is 0 Å². The van der Waals surface area contributed by atoms with Crippen LogP contribution in [0.25, 0.3) is 0 Å². The number of aliphatic hydroxyl groups excluding tert-OH is 1. The van der Waals surface area contributed by atoms with Gasteiger partial charge in [-0.1, -0.05) is 19.1 Å². The number of aliphatic hydroxyl groups is 1. The van der Waals surface area contributed by atoms with E-state index in [0.29, 0.717) is 26.1 Å². The molecule has 1 atom stereocenters. The van der Waals surface area contributed by atoms with Gasteiger partial charge < -0.3 is 14.7 Å². The van der Waals surface area contributed by atoms with Gasteiger partial charge in [0, 0.05) is 25.5 Å². The van der Waals surface area contributed by atoms with Gasteiger partial charge in [0.25, 0.3) is 0 Å². The van der Waals surface area contributed by atoms with Crippen LogP contribution in [0.2, 0.25) is 0 Å². The van der Waals surface area contributed by atoms with Crippen LogP contribution in [0.5, 0.6) is 5.75 Å². The Morgan fingerprint density at radius 3 is 3.00 bits per heavy atom. The number of rotatable bonds is 6. The number of carbonyl (C=O) groups is 1. The minimum absolute atomic E-state index is 0.0850. The van der Waals surface area contributed by atoms with Gasteiger partial charge in [-0.3, -0.25) is 4.79 Å². The number of hydrogen-bond acceptors (Lipinski definition) is 3. The molecule has 1 unspecified atom stereocenters. The van der Waals surface area contributed by atoms with E-state index in [4.69, 9.17) is 9.84 Å². The van der Waals surface area contributed by atoms with Gasteiger partial charge in [-0.2, -0.15) is 0 Å². The summed E-state index contributed by atoms with van der Waals surface area (Å²) in [6, 6.07) is 8.02. The molecule has 0 aliphatic carbocycles. The van der Waals surface area contributed by atoms with E-state index < -0.39 is 0 Å². The zero-order valence-corrected chi connectivity index (χ0v) is 11.3. The topological polar surface area (TPSA) is 49.8 Å². The standard InChI is InChI=1S/C15H21NO3/c1-2-12-4-3-5-14(8-12)19-7-6-16-10-13(11-17)9-15(16)18/h3-5,8,13,17H,2,6-7,9-11H2,1H3. The monoisotopic (exact) mass is 263 g/mol. The molecule has 0 saturated carbocycles. The summed E-state index contributed by atoms with van der Waals surface area (Å²) in [4.78, 5) is 13.4. The lowest BCUT2D eigenvalue weighted by molar-refractivity contribution is -0.128. The molecule has 0 spiro atoms. The lowest BCUT2D eigenvalue weighted by atomic mass is 10.1. The Balaban J connectivity index is 1.78. The lowest BCUT2D eigenvalue weighted by Gasteiger charge is -2.16. The Labute approximate surface area is 114 Å². The van der Waals surface area contributed by atoms with Crippen molar-refractivity contribution in [2.45, 2.75) is 19.8 Å². The highest BCUT2D eigenvalue weighted by Gasteiger charge is 2.28. The van der Waals surface area contributed by atoms with Gasteiger partial charge in [-0.05, 0) is 24.1 Å². The molecule has 1 N–H and O–H groups in total. The third-order valence-electron chi connectivity index (χ3n) is 3.49. The summed E-state index contributed by atoms with van der Waals surface area (Å²) in [5.74, 6) is 1.06. The average Bonchev–Trinajstić information content (AvgIpc) is 2.80. The summed E-state index contributed by atoms with van der Waals surface area (Å²) in [7, 11) is 0. The van der Waals surface area contributed by atoms with Crippen molar-refractivity contribution in [3.8, 4) is 5.75 Å². The SMILES string of the molecule is CCc1cccc(OCCN2CC(CO)CC2=O)c1. The Bertz CT molecular complexity index is 433. The van der Waals surface area contributed by atoms with Gasteiger partial charge in [-0.25, -0.2) is 0 Å². The normalized spacial score (nSPS) is 18.9. The molecule has 1 aliphatic rings. The number of amides is 1. The molecule has 4 nitrogen and oxygen atoms in total. The van der Waals surface area contributed by atoms with Gasteiger partial charge >= 0.3 is 0 Å². The first-order valence-corrected chi connectivity index (χ1v) is 6.83. The van der Waals surface area contributed by atoms with Gasteiger partial charge in [0.05, 0.1) is 6.54 Å². The highest BCUT2D eigenvalue weighted by atomic mass is 16.5. The number of nitrogens with zero attached hydrogens (tertiary/aromatic N) is 1. The van der Waals surface area contributed by atoms with Crippen LogP contribution in [0.1, 0.15) is 18.9 Å². The molecule has 1 aromatic carbocycles. The van der Waals surface area contributed by atoms with Gasteiger partial charge in [0.15, 0.2) is 0 Å². The summed E-state index contributed by atoms with van der Waals surface area (Å²) in [6.45, 7) is 3.93. The fourth-order valence-corrected chi connectivity index (χ4v) is 2.32. The van der Waals surface area contributed by atoms with E-state index in [1.165, 1.54) is 5.56 Å². The number of benzene rings is 1. The van der Waals surface area contributed by atoms with Crippen LogP contribution < -0.4 is 4.74 Å². The van der Waals surface area contributed by atoms with E-state index >= 15 is 0 Å². The maximum atomic E-state index is 11.6. The second-order valence-corrected chi connectivity index (χ2v) is 4.94. The smallest absolute Gasteiger partial charge is 0.223 e. The molecule has 1 aliphatic heterocycles. The fraction of sp³-hybridized carbons (Fsp3) is 0.533. The Kier molecular flexibility index (Phi) is 4.80. The number of ether oxygens (including phenoxy) is 1. The van der Waals surface area contributed by atoms with Gasteiger partial charge in [0.2, 0.25) is 5.91 Å². The molecular formula is C15H21NO3. The molecule has 1 saturated heterocycles. The predicted octanol–water partition coefficient (Wildman–Crippen LogP) is 1.47. The third-order valence-corrected chi connectivity index (χ3v) is 3.49. The molecule has 0 aromatic heterocycles. The van der Waals surface area contributed by atoms with Crippen LogP contribution >= 0.6 is 0 Å². The van der Waals surface area contributed by atoms with E-state index in [1.807, 2.05) is 18.2 Å². The first-order chi connectivity index (χ1) is 9.22. The minimum atomic E-state index is 0.0850. The summed E-state index contributed by atoms with van der Waals surface area (Å²) in [5, 5.41) is 9.05. The van der Waals surface area contributed by atoms with Crippen LogP contribution in [-0.4, -0.2) is 42.2 Å². The second kappa shape index (κ2) is 6.57. The van der Waals surface area contributed by atoms with Crippen molar-refractivity contribution in [3.05, 3.63) is 29.8 Å². The average molecular weight is 263 g/mol. The van der Waals surface area contributed by atoms with Crippen molar-refractivity contribution in [2.24, 2.45) is 5.92 Å². The zero-order valence-electron chi connectivity index (χ0n) is 11.3. The predicted molar refractivity (Wildman–Crippen MR) is 73.1 cm³/mol. The number of carbonyl (C=O) groups excluding carboxylic acids is 1. The lowest BCUT2D eigenvalue weighted by Crippen LogP contribution is -2.30. The van der Waals surface area contributed by atoms with Crippen molar-refractivity contribution < 1.29 is 14.6 Å². The second-order valence-electron chi connectivity index (χ2n) is 4.94. The van der Waals surface area contributed by atoms with E-state index in [-0.39, 0.29) is 18.4 Å². The van der Waals surface area contributed by atoms with Crippen molar-refractivity contribution >= 4 is 5.91 Å². The number of hydrogen-bond donors (Lipinski definition) is 1. The van der Waals surface area contributed by atoms with Gasteiger partial charge in [-0.15, -0.1) is 0 Å². The maximum Gasteiger partial charge on any atom is 0.223 e. The largest absolute Gasteiger partial charge is 0.492 e. The summed E-state index contributed by atoms with van der Waals surface area (Å²) in [6.07, 6.45) is 1.45. The quantitative estimate of drug-likeness (QED) is 0.845. The van der Waals surface area contributed by atoms with Crippen LogP contribution in [0.4, 0.5) is 0 Å². The summed E-state index contributed by atoms with van der Waals surface area (Å²) < 4.78 is 5.67. The molecular weight excluding hydrogens is 242 g/mol. The molecule has 104 valence electrons. The molecule has 19 heavy (non-hydrogen) atoms. The Morgan fingerprint density at radius 2 is 2.32 bits per heavy atom. The molecule has 1 heterocycles. The van der Waals surface area contributed by atoms with Crippen LogP contribution in [0.15, 0.2) is 24.3 Å².